The van der Waals surface area contributed by atoms with E-state index in [1.807, 2.05) is 0 Å². The van der Waals surface area contributed by atoms with E-state index in [4.69, 9.17) is 11.6 Å². The maximum Gasteiger partial charge on any atom is 0.326 e. The summed E-state index contributed by atoms with van der Waals surface area (Å²) >= 11 is 5.98. The van der Waals surface area contributed by atoms with Gasteiger partial charge in [-0.3, -0.25) is 9.10 Å². The fourth-order valence-corrected chi connectivity index (χ4v) is 2.82. The van der Waals surface area contributed by atoms with E-state index >= 15 is 0 Å². The molecule has 0 aliphatic heterocycles. The molecule has 7 heteroatoms. The first kappa shape index (κ1) is 15.8. The highest BCUT2D eigenvalue weighted by Gasteiger charge is 2.25. The first-order chi connectivity index (χ1) is 8.83. The number of esters is 1. The monoisotopic (exact) mass is 305 g/mol. The summed E-state index contributed by atoms with van der Waals surface area (Å²) in [6, 6.07) is 4.91. The second-order valence-electron chi connectivity index (χ2n) is 3.87. The number of anilines is 1. The Morgan fingerprint density at radius 3 is 2.58 bits per heavy atom. The molecule has 106 valence electrons. The summed E-state index contributed by atoms with van der Waals surface area (Å²) in [4.78, 5) is 11.4. The van der Waals surface area contributed by atoms with E-state index in [0.717, 1.165) is 4.31 Å². The molecule has 0 atom stereocenters. The number of carbonyl (C=O) groups excluding carboxylic acids is 1. The number of carbonyl (C=O) groups is 1. The molecule has 0 spiro atoms. The van der Waals surface area contributed by atoms with Crippen molar-refractivity contribution in [1.29, 1.82) is 0 Å². The lowest BCUT2D eigenvalue weighted by atomic mass is 10.2. The van der Waals surface area contributed by atoms with Gasteiger partial charge in [0.25, 0.3) is 0 Å². The lowest BCUT2D eigenvalue weighted by molar-refractivity contribution is -0.138. The summed E-state index contributed by atoms with van der Waals surface area (Å²) in [6.45, 7) is 2.85. The molecule has 0 aliphatic rings. The van der Waals surface area contributed by atoms with Gasteiger partial charge in [-0.05, 0) is 31.5 Å². The standard InChI is InChI=1S/C12H16ClNO4S/c1-4-19(16,17)14(8-12(15)18-3)11-7-5-6-10(13)9(11)2/h5-7H,4,8H2,1-3H3. The summed E-state index contributed by atoms with van der Waals surface area (Å²) < 4.78 is 29.7. The van der Waals surface area contributed by atoms with Gasteiger partial charge in [0.1, 0.15) is 6.54 Å². The van der Waals surface area contributed by atoms with Crippen molar-refractivity contribution in [1.82, 2.24) is 0 Å². The average molecular weight is 306 g/mol. The highest BCUT2D eigenvalue weighted by Crippen LogP contribution is 2.28. The van der Waals surface area contributed by atoms with Crippen molar-refractivity contribution < 1.29 is 17.9 Å². The Kier molecular flexibility index (Phi) is 5.20. The van der Waals surface area contributed by atoms with Crippen LogP contribution in [0.2, 0.25) is 5.02 Å². The molecule has 0 aliphatic carbocycles. The zero-order chi connectivity index (χ0) is 14.6. The van der Waals surface area contributed by atoms with Crippen LogP contribution >= 0.6 is 11.6 Å². The summed E-state index contributed by atoms with van der Waals surface area (Å²) in [7, 11) is -2.37. The molecule has 0 N–H and O–H groups in total. The number of nitrogens with zero attached hydrogens (tertiary/aromatic N) is 1. The molecule has 0 radical (unpaired) electrons. The van der Waals surface area contributed by atoms with Gasteiger partial charge < -0.3 is 4.74 Å². The highest BCUT2D eigenvalue weighted by atomic mass is 35.5. The van der Waals surface area contributed by atoms with E-state index < -0.39 is 16.0 Å². The molecule has 1 rings (SSSR count). The Labute approximate surface area is 118 Å². The number of hydrogen-bond donors (Lipinski definition) is 0. The minimum absolute atomic E-state index is 0.115. The second kappa shape index (κ2) is 6.25. The number of halogens is 1. The molecule has 0 bridgehead atoms. The van der Waals surface area contributed by atoms with Crippen LogP contribution in [-0.2, 0) is 19.6 Å². The van der Waals surface area contributed by atoms with Crippen LogP contribution in [0.15, 0.2) is 18.2 Å². The van der Waals surface area contributed by atoms with Crippen LogP contribution in [0.25, 0.3) is 0 Å². The van der Waals surface area contributed by atoms with Gasteiger partial charge in [0.2, 0.25) is 10.0 Å². The van der Waals surface area contributed by atoms with Gasteiger partial charge in [-0.15, -0.1) is 0 Å². The lowest BCUT2D eigenvalue weighted by Gasteiger charge is -2.24. The van der Waals surface area contributed by atoms with E-state index in [1.54, 1.807) is 25.1 Å². The fraction of sp³-hybridized carbons (Fsp3) is 0.417. The smallest absolute Gasteiger partial charge is 0.326 e. The molecule has 0 saturated heterocycles. The maximum absolute atomic E-state index is 12.1. The number of hydrogen-bond acceptors (Lipinski definition) is 4. The van der Waals surface area contributed by atoms with Crippen LogP contribution in [0.3, 0.4) is 0 Å². The molecule has 1 aromatic carbocycles. The van der Waals surface area contributed by atoms with Gasteiger partial charge in [-0.2, -0.15) is 0 Å². The number of methoxy groups -OCH3 is 1. The highest BCUT2D eigenvalue weighted by molar-refractivity contribution is 7.92. The Hall–Kier alpha value is -1.27. The van der Waals surface area contributed by atoms with Gasteiger partial charge in [0, 0.05) is 5.02 Å². The number of benzene rings is 1. The van der Waals surface area contributed by atoms with Gasteiger partial charge in [0.05, 0.1) is 18.6 Å². The van der Waals surface area contributed by atoms with Crippen LogP contribution in [0.1, 0.15) is 12.5 Å². The van der Waals surface area contributed by atoms with E-state index in [1.165, 1.54) is 14.0 Å². The van der Waals surface area contributed by atoms with Crippen LogP contribution in [0.4, 0.5) is 5.69 Å². The Bertz CT molecular complexity index is 571. The molecular weight excluding hydrogens is 290 g/mol. The molecule has 19 heavy (non-hydrogen) atoms. The first-order valence-electron chi connectivity index (χ1n) is 5.65. The van der Waals surface area contributed by atoms with Crippen LogP contribution in [0.5, 0.6) is 0 Å². The van der Waals surface area contributed by atoms with E-state index in [0.29, 0.717) is 16.3 Å². The van der Waals surface area contributed by atoms with Crippen molar-refractivity contribution in [2.24, 2.45) is 0 Å². The largest absolute Gasteiger partial charge is 0.468 e. The van der Waals surface area contributed by atoms with Gasteiger partial charge in [0.15, 0.2) is 0 Å². The second-order valence-corrected chi connectivity index (χ2v) is 6.46. The minimum atomic E-state index is -3.58. The Balaban J connectivity index is 3.31. The zero-order valence-corrected chi connectivity index (χ0v) is 12.6. The first-order valence-corrected chi connectivity index (χ1v) is 7.64. The third-order valence-corrected chi connectivity index (χ3v) is 4.85. The number of ether oxygens (including phenoxy) is 1. The lowest BCUT2D eigenvalue weighted by Crippen LogP contribution is -2.37. The van der Waals surface area contributed by atoms with Crippen molar-refractivity contribution in [3.63, 3.8) is 0 Å². The van der Waals surface area contributed by atoms with E-state index in [-0.39, 0.29) is 12.3 Å². The van der Waals surface area contributed by atoms with Crippen LogP contribution in [0, 0.1) is 6.92 Å². The SMILES string of the molecule is CCS(=O)(=O)N(CC(=O)OC)c1cccc(Cl)c1C. The molecule has 0 saturated carbocycles. The van der Waals surface area contributed by atoms with Crippen molar-refractivity contribution in [2.45, 2.75) is 13.8 Å². The topological polar surface area (TPSA) is 63.7 Å². The summed E-state index contributed by atoms with van der Waals surface area (Å²) in [5, 5.41) is 0.443. The van der Waals surface area contributed by atoms with E-state index in [9.17, 15) is 13.2 Å². The molecular formula is C12H16ClNO4S. The molecule has 1 aromatic rings. The predicted molar refractivity (Wildman–Crippen MR) is 75.0 cm³/mol. The van der Waals surface area contributed by atoms with Gasteiger partial charge >= 0.3 is 5.97 Å². The Morgan fingerprint density at radius 2 is 2.05 bits per heavy atom. The van der Waals surface area contributed by atoms with Gasteiger partial charge in [-0.25, -0.2) is 8.42 Å². The minimum Gasteiger partial charge on any atom is -0.468 e. The van der Waals surface area contributed by atoms with Crippen molar-refractivity contribution >= 4 is 33.3 Å². The van der Waals surface area contributed by atoms with Crippen molar-refractivity contribution in [2.75, 3.05) is 23.7 Å². The van der Waals surface area contributed by atoms with Gasteiger partial charge in [-0.1, -0.05) is 17.7 Å². The fourth-order valence-electron chi connectivity index (χ4n) is 1.54. The maximum atomic E-state index is 12.1. The molecule has 0 unspecified atom stereocenters. The molecule has 5 nitrogen and oxygen atoms in total. The van der Waals surface area contributed by atoms with Crippen LogP contribution < -0.4 is 4.31 Å². The summed E-state index contributed by atoms with van der Waals surface area (Å²) in [5.74, 6) is -0.743. The van der Waals surface area contributed by atoms with Crippen molar-refractivity contribution in [3.05, 3.63) is 28.8 Å². The van der Waals surface area contributed by atoms with E-state index in [2.05, 4.69) is 4.74 Å². The summed E-state index contributed by atoms with van der Waals surface area (Å²) in [5.41, 5.74) is 0.991. The van der Waals surface area contributed by atoms with Crippen LogP contribution in [-0.4, -0.2) is 33.8 Å². The normalized spacial score (nSPS) is 11.2. The summed E-state index contributed by atoms with van der Waals surface area (Å²) in [6.07, 6.45) is 0. The molecule has 0 heterocycles. The average Bonchev–Trinajstić information content (AvgIpc) is 2.39. The van der Waals surface area contributed by atoms with Crippen molar-refractivity contribution in [3.8, 4) is 0 Å². The number of sulfonamides is 1. The molecule has 0 amide bonds. The molecule has 0 aromatic heterocycles. The Morgan fingerprint density at radius 1 is 1.42 bits per heavy atom. The quantitative estimate of drug-likeness (QED) is 0.780. The molecule has 0 fully saturated rings. The third kappa shape index (κ3) is 3.61. The predicted octanol–water partition coefficient (Wildman–Crippen LogP) is 1.98. The zero-order valence-electron chi connectivity index (χ0n) is 11.0. The number of rotatable bonds is 5. The third-order valence-electron chi connectivity index (χ3n) is 2.71.